The number of hydrogen-bond donors (Lipinski definition) is 0. The van der Waals surface area contributed by atoms with Crippen LogP contribution < -0.4 is 4.31 Å². The molecule has 8 nitrogen and oxygen atoms in total. The molecular weight excluding hydrogens is 513 g/mol. The Morgan fingerprint density at radius 1 is 1.23 bits per heavy atom. The van der Waals surface area contributed by atoms with Gasteiger partial charge in [-0.2, -0.15) is 13.2 Å². The number of alkyl halides is 3. The van der Waals surface area contributed by atoms with Crippen molar-refractivity contribution in [3.05, 3.63) is 82.2 Å². The molecule has 0 amide bonds. The minimum atomic E-state index is -5.05. The Labute approximate surface area is 202 Å². The SMILES string of the molecule is COCN(c1cc(Cl)cnc1C1OC(=O)c2ccccc21)S(=O)(=O)C1C=CC=C(C(F)(F)F)C1=O. The molecule has 184 valence electrons. The Hall–Kier alpha value is -3.22. The normalized spacial score (nSPS) is 19.9. The van der Waals surface area contributed by atoms with Crippen molar-refractivity contribution in [1.29, 1.82) is 0 Å². The van der Waals surface area contributed by atoms with Gasteiger partial charge in [-0.15, -0.1) is 0 Å². The lowest BCUT2D eigenvalue weighted by molar-refractivity contribution is -0.128. The van der Waals surface area contributed by atoms with Gasteiger partial charge in [0, 0.05) is 18.9 Å². The first kappa shape index (κ1) is 24.9. The molecule has 2 aromatic rings. The number of sulfonamides is 1. The smallest absolute Gasteiger partial charge is 0.419 e. The number of pyridine rings is 1. The third-order valence-electron chi connectivity index (χ3n) is 5.32. The molecule has 0 bridgehead atoms. The number of cyclic esters (lactones) is 1. The molecule has 0 radical (unpaired) electrons. The van der Waals surface area contributed by atoms with E-state index in [4.69, 9.17) is 21.1 Å². The summed E-state index contributed by atoms with van der Waals surface area (Å²) >= 11 is 6.07. The Morgan fingerprint density at radius 3 is 2.63 bits per heavy atom. The topological polar surface area (TPSA) is 103 Å². The predicted octanol–water partition coefficient (Wildman–Crippen LogP) is 3.73. The van der Waals surface area contributed by atoms with Gasteiger partial charge in [-0.3, -0.25) is 9.78 Å². The molecule has 0 spiro atoms. The number of carbonyl (C=O) groups excluding carboxylic acids is 2. The van der Waals surface area contributed by atoms with E-state index in [0.717, 1.165) is 19.3 Å². The van der Waals surface area contributed by atoms with Crippen molar-refractivity contribution in [2.75, 3.05) is 18.1 Å². The molecule has 0 saturated heterocycles. The number of allylic oxidation sites excluding steroid dienone is 3. The van der Waals surface area contributed by atoms with Crippen molar-refractivity contribution in [2.45, 2.75) is 17.5 Å². The van der Waals surface area contributed by atoms with Crippen LogP contribution in [-0.4, -0.2) is 50.4 Å². The summed E-state index contributed by atoms with van der Waals surface area (Å²) < 4.78 is 78.0. The molecule has 0 saturated carbocycles. The molecule has 1 aliphatic heterocycles. The molecule has 1 aromatic heterocycles. The van der Waals surface area contributed by atoms with Crippen LogP contribution in [0.3, 0.4) is 0 Å². The zero-order valence-electron chi connectivity index (χ0n) is 17.8. The van der Waals surface area contributed by atoms with Crippen LogP contribution in [0.5, 0.6) is 0 Å². The Bertz CT molecular complexity index is 1370. The fraction of sp³-hybridized carbons (Fsp3) is 0.227. The van der Waals surface area contributed by atoms with E-state index in [-0.39, 0.29) is 22.0 Å². The summed E-state index contributed by atoms with van der Waals surface area (Å²) in [6, 6.07) is 7.56. The molecule has 2 atom stereocenters. The predicted molar refractivity (Wildman–Crippen MR) is 118 cm³/mol. The van der Waals surface area contributed by atoms with Crippen LogP contribution in [0.4, 0.5) is 18.9 Å². The quantitative estimate of drug-likeness (QED) is 0.416. The fourth-order valence-electron chi connectivity index (χ4n) is 3.77. The largest absolute Gasteiger partial charge is 0.447 e. The van der Waals surface area contributed by atoms with E-state index >= 15 is 0 Å². The van der Waals surface area contributed by atoms with Gasteiger partial charge < -0.3 is 9.47 Å². The van der Waals surface area contributed by atoms with E-state index in [1.54, 1.807) is 18.2 Å². The Balaban J connectivity index is 1.83. The van der Waals surface area contributed by atoms with Gasteiger partial charge in [0.15, 0.2) is 17.1 Å². The molecule has 2 aliphatic rings. The summed E-state index contributed by atoms with van der Waals surface area (Å²) in [6.07, 6.45) is -2.78. The van der Waals surface area contributed by atoms with Crippen molar-refractivity contribution in [2.24, 2.45) is 0 Å². The van der Waals surface area contributed by atoms with Gasteiger partial charge in [0.25, 0.3) is 10.0 Å². The average molecular weight is 529 g/mol. The van der Waals surface area contributed by atoms with Gasteiger partial charge in [-0.05, 0) is 18.2 Å². The molecule has 35 heavy (non-hydrogen) atoms. The maximum atomic E-state index is 13.5. The Morgan fingerprint density at radius 2 is 1.94 bits per heavy atom. The number of aromatic nitrogens is 1. The number of fused-ring (bicyclic) bond motifs is 1. The van der Waals surface area contributed by atoms with Gasteiger partial charge in [0.05, 0.1) is 16.3 Å². The standard InChI is InChI=1S/C22H16ClF3N2O6S/c1-33-11-28(35(31,32)17-8-4-7-15(19(17)29)22(24,25)26)16-9-12(23)10-27-18(16)20-13-5-2-3-6-14(13)21(30)34-20/h2-10,17,20H,11H2,1H3. The highest BCUT2D eigenvalue weighted by molar-refractivity contribution is 7.94. The van der Waals surface area contributed by atoms with E-state index in [1.807, 2.05) is 0 Å². The average Bonchev–Trinajstić information content (AvgIpc) is 3.13. The highest BCUT2D eigenvalue weighted by Crippen LogP contribution is 2.41. The summed E-state index contributed by atoms with van der Waals surface area (Å²) in [6.45, 7) is -0.692. The number of Topliss-reactive ketones (excluding diaryl/α,β-unsaturated/α-hetero) is 1. The molecule has 2 unspecified atom stereocenters. The number of anilines is 1. The van der Waals surface area contributed by atoms with Gasteiger partial charge >= 0.3 is 12.1 Å². The van der Waals surface area contributed by atoms with Crippen LogP contribution in [0.15, 0.2) is 60.3 Å². The Kier molecular flexibility index (Phi) is 6.47. The first-order chi connectivity index (χ1) is 16.5. The monoisotopic (exact) mass is 528 g/mol. The maximum Gasteiger partial charge on any atom is 0.419 e. The van der Waals surface area contributed by atoms with Crippen molar-refractivity contribution in [3.8, 4) is 0 Å². The number of ketones is 1. The van der Waals surface area contributed by atoms with E-state index < -0.39 is 51.6 Å². The number of hydrogen-bond acceptors (Lipinski definition) is 7. The van der Waals surface area contributed by atoms with E-state index in [0.29, 0.717) is 15.9 Å². The highest BCUT2D eigenvalue weighted by Gasteiger charge is 2.48. The van der Waals surface area contributed by atoms with E-state index in [9.17, 15) is 31.2 Å². The molecule has 0 N–H and O–H groups in total. The summed E-state index contributed by atoms with van der Waals surface area (Å²) in [5.41, 5.74) is -1.25. The van der Waals surface area contributed by atoms with Gasteiger partial charge in [-0.25, -0.2) is 17.5 Å². The second-order valence-electron chi connectivity index (χ2n) is 7.49. The van der Waals surface area contributed by atoms with Crippen LogP contribution in [0.2, 0.25) is 5.02 Å². The first-order valence-corrected chi connectivity index (χ1v) is 11.8. The number of rotatable bonds is 6. The molecule has 0 fully saturated rings. The maximum absolute atomic E-state index is 13.5. The second-order valence-corrected chi connectivity index (χ2v) is 9.90. The molecule has 1 aromatic carbocycles. The third-order valence-corrected chi connectivity index (χ3v) is 7.46. The first-order valence-electron chi connectivity index (χ1n) is 9.92. The zero-order chi connectivity index (χ0) is 25.5. The molecule has 1 aliphatic carbocycles. The number of methoxy groups -OCH3 is 1. The van der Waals surface area contributed by atoms with Crippen LogP contribution in [0, 0.1) is 0 Å². The number of carbonyl (C=O) groups is 2. The number of esters is 1. The lowest BCUT2D eigenvalue weighted by atomic mass is 10.0. The molecular formula is C22H16ClF3N2O6S. The molecule has 13 heteroatoms. The summed E-state index contributed by atoms with van der Waals surface area (Å²) in [5, 5.41) is -2.21. The fourth-order valence-corrected chi connectivity index (χ4v) is 5.55. The van der Waals surface area contributed by atoms with Crippen LogP contribution in [0.25, 0.3) is 0 Å². The lowest BCUT2D eigenvalue weighted by Crippen LogP contribution is -2.46. The van der Waals surface area contributed by atoms with Crippen molar-refractivity contribution in [3.63, 3.8) is 0 Å². The van der Waals surface area contributed by atoms with Gasteiger partial charge in [-0.1, -0.05) is 42.0 Å². The second kappa shape index (κ2) is 9.10. The summed E-state index contributed by atoms with van der Waals surface area (Å²) in [7, 11) is -3.69. The molecule has 4 rings (SSSR count). The number of nitrogens with zero attached hydrogens (tertiary/aromatic N) is 2. The number of benzene rings is 1. The van der Waals surface area contributed by atoms with Crippen molar-refractivity contribution in [1.82, 2.24) is 4.98 Å². The highest BCUT2D eigenvalue weighted by atomic mass is 35.5. The minimum absolute atomic E-state index is 0.0148. The van der Waals surface area contributed by atoms with E-state index in [1.165, 1.54) is 18.3 Å². The van der Waals surface area contributed by atoms with Crippen molar-refractivity contribution >= 4 is 39.1 Å². The summed E-state index contributed by atoms with van der Waals surface area (Å²) in [4.78, 5) is 29.1. The van der Waals surface area contributed by atoms with E-state index in [2.05, 4.69) is 4.98 Å². The van der Waals surface area contributed by atoms with Crippen LogP contribution >= 0.6 is 11.6 Å². The lowest BCUT2D eigenvalue weighted by Gasteiger charge is -2.30. The van der Waals surface area contributed by atoms with Gasteiger partial charge in [0.2, 0.25) is 0 Å². The minimum Gasteiger partial charge on any atom is -0.447 e. The number of ether oxygens (including phenoxy) is 2. The molecule has 2 heterocycles. The van der Waals surface area contributed by atoms with Gasteiger partial charge in [0.1, 0.15) is 18.0 Å². The van der Waals surface area contributed by atoms with Crippen molar-refractivity contribution < 1.29 is 40.7 Å². The summed E-state index contributed by atoms with van der Waals surface area (Å²) in [5.74, 6) is -2.31. The third kappa shape index (κ3) is 4.44. The van der Waals surface area contributed by atoms with Crippen LogP contribution in [0.1, 0.15) is 27.7 Å². The van der Waals surface area contributed by atoms with Crippen LogP contribution in [-0.2, 0) is 24.3 Å². The number of halogens is 4. The zero-order valence-corrected chi connectivity index (χ0v) is 19.4.